The summed E-state index contributed by atoms with van der Waals surface area (Å²) >= 11 is 0. The zero-order valence-electron chi connectivity index (χ0n) is 10.4. The van der Waals surface area contributed by atoms with E-state index in [4.69, 9.17) is 0 Å². The summed E-state index contributed by atoms with van der Waals surface area (Å²) < 4.78 is 1.57. The van der Waals surface area contributed by atoms with Gasteiger partial charge in [-0.2, -0.15) is 0 Å². The normalized spacial score (nSPS) is 15.1. The van der Waals surface area contributed by atoms with Gasteiger partial charge in [0.15, 0.2) is 0 Å². The molecule has 2 aromatic rings. The number of hydrogen-bond donors (Lipinski definition) is 1. The monoisotopic (exact) mass is 258 g/mol. The zero-order valence-corrected chi connectivity index (χ0v) is 10.4. The third-order valence-electron chi connectivity index (χ3n) is 3.49. The fourth-order valence-corrected chi connectivity index (χ4v) is 2.54. The first-order valence-electron chi connectivity index (χ1n) is 6.30. The van der Waals surface area contributed by atoms with E-state index in [1.165, 1.54) is 6.07 Å². The Hall–Kier alpha value is -2.30. The lowest BCUT2D eigenvalue weighted by molar-refractivity contribution is 0.0689. The van der Waals surface area contributed by atoms with Crippen molar-refractivity contribution in [2.75, 3.05) is 13.1 Å². The second-order valence-corrected chi connectivity index (χ2v) is 4.74. The molecule has 98 valence electrons. The minimum absolute atomic E-state index is 0.0799. The SMILES string of the molecule is O=C(O)c1cc(C(=O)N2CCCC2)cc2cccn12. The van der Waals surface area contributed by atoms with Crippen molar-refractivity contribution in [2.45, 2.75) is 12.8 Å². The Labute approximate surface area is 110 Å². The lowest BCUT2D eigenvalue weighted by Gasteiger charge is -2.16. The van der Waals surface area contributed by atoms with Crippen LogP contribution in [-0.2, 0) is 0 Å². The predicted octanol–water partition coefficient (Wildman–Crippen LogP) is 1.87. The molecule has 1 N–H and O–H groups in total. The van der Waals surface area contributed by atoms with Crippen LogP contribution in [0.3, 0.4) is 0 Å². The molecule has 0 aromatic carbocycles. The standard InChI is InChI=1S/C14H14N2O3/c17-13(15-5-1-2-6-15)10-8-11-4-3-7-16(11)12(9-10)14(18)19/h3-4,7-9H,1-2,5-6H2,(H,18,19). The number of aromatic carboxylic acids is 1. The Balaban J connectivity index is 2.08. The van der Waals surface area contributed by atoms with Crippen LogP contribution in [-0.4, -0.2) is 39.4 Å². The molecule has 0 radical (unpaired) electrons. The first-order chi connectivity index (χ1) is 9.16. The summed E-state index contributed by atoms with van der Waals surface area (Å²) in [5.41, 5.74) is 1.29. The molecule has 1 fully saturated rings. The van der Waals surface area contributed by atoms with Crippen molar-refractivity contribution in [3.63, 3.8) is 0 Å². The van der Waals surface area contributed by atoms with Gasteiger partial charge in [-0.05, 0) is 37.1 Å². The van der Waals surface area contributed by atoms with Crippen LogP contribution in [0.2, 0.25) is 0 Å². The van der Waals surface area contributed by atoms with Crippen LogP contribution < -0.4 is 0 Å². The van der Waals surface area contributed by atoms with Gasteiger partial charge < -0.3 is 14.4 Å². The number of carboxylic acid groups (broad SMARTS) is 1. The molecule has 3 rings (SSSR count). The van der Waals surface area contributed by atoms with E-state index in [-0.39, 0.29) is 11.6 Å². The van der Waals surface area contributed by atoms with E-state index in [0.717, 1.165) is 31.4 Å². The van der Waals surface area contributed by atoms with Crippen LogP contribution in [0.5, 0.6) is 0 Å². The molecule has 0 spiro atoms. The number of carbonyl (C=O) groups excluding carboxylic acids is 1. The van der Waals surface area contributed by atoms with E-state index < -0.39 is 5.97 Å². The largest absolute Gasteiger partial charge is 0.477 e. The highest BCUT2D eigenvalue weighted by atomic mass is 16.4. The predicted molar refractivity (Wildman–Crippen MR) is 69.5 cm³/mol. The van der Waals surface area contributed by atoms with Crippen LogP contribution in [0.1, 0.15) is 33.7 Å². The summed E-state index contributed by atoms with van der Waals surface area (Å²) in [6.45, 7) is 1.51. The summed E-state index contributed by atoms with van der Waals surface area (Å²) in [5, 5.41) is 9.23. The third-order valence-corrected chi connectivity index (χ3v) is 3.49. The van der Waals surface area contributed by atoms with E-state index in [2.05, 4.69) is 0 Å². The van der Waals surface area contributed by atoms with E-state index in [1.54, 1.807) is 33.7 Å². The maximum absolute atomic E-state index is 12.3. The molecule has 0 saturated carbocycles. The molecule has 0 unspecified atom stereocenters. The molecule has 5 nitrogen and oxygen atoms in total. The van der Waals surface area contributed by atoms with Gasteiger partial charge in [-0.3, -0.25) is 4.79 Å². The number of pyridine rings is 1. The van der Waals surface area contributed by atoms with Crippen LogP contribution in [0, 0.1) is 0 Å². The maximum Gasteiger partial charge on any atom is 0.352 e. The highest BCUT2D eigenvalue weighted by Gasteiger charge is 2.21. The second-order valence-electron chi connectivity index (χ2n) is 4.74. The number of aromatic nitrogens is 1. The average molecular weight is 258 g/mol. The van der Waals surface area contributed by atoms with E-state index in [1.807, 2.05) is 0 Å². The summed E-state index contributed by atoms with van der Waals surface area (Å²) in [6.07, 6.45) is 3.72. The molecule has 1 amide bonds. The highest BCUT2D eigenvalue weighted by molar-refractivity contribution is 5.98. The van der Waals surface area contributed by atoms with Crippen molar-refractivity contribution in [1.82, 2.24) is 9.30 Å². The van der Waals surface area contributed by atoms with Crippen LogP contribution in [0.4, 0.5) is 0 Å². The summed E-state index contributed by atoms with van der Waals surface area (Å²) in [6, 6.07) is 6.77. The molecule has 0 bridgehead atoms. The maximum atomic E-state index is 12.3. The molecular formula is C14H14N2O3. The molecule has 2 aromatic heterocycles. The number of rotatable bonds is 2. The van der Waals surface area contributed by atoms with Crippen molar-refractivity contribution in [1.29, 1.82) is 0 Å². The van der Waals surface area contributed by atoms with Crippen LogP contribution in [0.15, 0.2) is 30.5 Å². The Morgan fingerprint density at radius 1 is 1.16 bits per heavy atom. The number of likely N-dealkylation sites (tertiary alicyclic amines) is 1. The van der Waals surface area contributed by atoms with Gasteiger partial charge in [0.1, 0.15) is 5.69 Å². The molecule has 1 saturated heterocycles. The van der Waals surface area contributed by atoms with Gasteiger partial charge >= 0.3 is 5.97 Å². The molecule has 0 atom stereocenters. The Morgan fingerprint density at radius 3 is 2.58 bits per heavy atom. The van der Waals surface area contributed by atoms with Gasteiger partial charge in [-0.1, -0.05) is 0 Å². The molecule has 5 heteroatoms. The van der Waals surface area contributed by atoms with Gasteiger partial charge in [0.05, 0.1) is 0 Å². The van der Waals surface area contributed by atoms with E-state index >= 15 is 0 Å². The minimum Gasteiger partial charge on any atom is -0.477 e. The topological polar surface area (TPSA) is 62.0 Å². The Kier molecular flexibility index (Phi) is 2.74. The number of fused-ring (bicyclic) bond motifs is 1. The molecular weight excluding hydrogens is 244 g/mol. The number of hydrogen-bond acceptors (Lipinski definition) is 2. The van der Waals surface area contributed by atoms with Gasteiger partial charge in [0, 0.05) is 30.4 Å². The summed E-state index contributed by atoms with van der Waals surface area (Å²) in [7, 11) is 0. The lowest BCUT2D eigenvalue weighted by atomic mass is 10.2. The van der Waals surface area contributed by atoms with E-state index in [9.17, 15) is 14.7 Å². The van der Waals surface area contributed by atoms with Crippen LogP contribution in [0.25, 0.3) is 5.52 Å². The van der Waals surface area contributed by atoms with Gasteiger partial charge in [-0.25, -0.2) is 4.79 Å². The molecule has 19 heavy (non-hydrogen) atoms. The summed E-state index contributed by atoms with van der Waals surface area (Å²) in [5.74, 6) is -1.11. The number of carboxylic acids is 1. The van der Waals surface area contributed by atoms with Crippen LogP contribution >= 0.6 is 0 Å². The summed E-state index contributed by atoms with van der Waals surface area (Å²) in [4.78, 5) is 25.4. The second kappa shape index (κ2) is 4.42. The Bertz CT molecular complexity index is 654. The fraction of sp³-hybridized carbons (Fsp3) is 0.286. The van der Waals surface area contributed by atoms with Crippen molar-refractivity contribution in [2.24, 2.45) is 0 Å². The smallest absolute Gasteiger partial charge is 0.352 e. The molecule has 1 aliphatic heterocycles. The minimum atomic E-state index is -1.03. The molecule has 1 aliphatic rings. The van der Waals surface area contributed by atoms with Gasteiger partial charge in [-0.15, -0.1) is 0 Å². The van der Waals surface area contributed by atoms with Gasteiger partial charge in [0.25, 0.3) is 5.91 Å². The zero-order chi connectivity index (χ0) is 13.4. The number of amides is 1. The van der Waals surface area contributed by atoms with Crippen molar-refractivity contribution >= 4 is 17.4 Å². The molecule has 3 heterocycles. The number of carbonyl (C=O) groups is 2. The first-order valence-corrected chi connectivity index (χ1v) is 6.30. The fourth-order valence-electron chi connectivity index (χ4n) is 2.54. The number of nitrogens with zero attached hydrogens (tertiary/aromatic N) is 2. The third kappa shape index (κ3) is 1.97. The van der Waals surface area contributed by atoms with E-state index in [0.29, 0.717) is 5.56 Å². The van der Waals surface area contributed by atoms with Gasteiger partial charge in [0.2, 0.25) is 0 Å². The quantitative estimate of drug-likeness (QED) is 0.894. The highest BCUT2D eigenvalue weighted by Crippen LogP contribution is 2.17. The van der Waals surface area contributed by atoms with Crippen molar-refractivity contribution in [3.8, 4) is 0 Å². The molecule has 0 aliphatic carbocycles. The first kappa shape index (κ1) is 11.8. The average Bonchev–Trinajstić information content (AvgIpc) is 3.07. The van der Waals surface area contributed by atoms with Crippen molar-refractivity contribution < 1.29 is 14.7 Å². The van der Waals surface area contributed by atoms with Crippen molar-refractivity contribution in [3.05, 3.63) is 41.7 Å². The lowest BCUT2D eigenvalue weighted by Crippen LogP contribution is -2.28. The Morgan fingerprint density at radius 2 is 1.89 bits per heavy atom.